The second kappa shape index (κ2) is 9.36. The van der Waals surface area contributed by atoms with Gasteiger partial charge in [-0.05, 0) is 36.4 Å². The maximum Gasteiger partial charge on any atom is 0.339 e. The van der Waals surface area contributed by atoms with Crippen molar-refractivity contribution in [2.45, 2.75) is 0 Å². The summed E-state index contributed by atoms with van der Waals surface area (Å²) in [6.45, 7) is -0.510. The van der Waals surface area contributed by atoms with Crippen molar-refractivity contribution in [1.82, 2.24) is 8.75 Å². The summed E-state index contributed by atoms with van der Waals surface area (Å²) in [6, 6.07) is 20.6. The molecule has 1 aromatic heterocycles. The summed E-state index contributed by atoms with van der Waals surface area (Å²) >= 11 is 1.04. The monoisotopic (exact) mass is 446 g/mol. The Hall–Kier alpha value is -4.11. The van der Waals surface area contributed by atoms with Gasteiger partial charge in [-0.2, -0.15) is 8.75 Å². The fourth-order valence-electron chi connectivity index (χ4n) is 3.10. The smallest absolute Gasteiger partial charge is 0.339 e. The molecule has 0 bridgehead atoms. The summed E-state index contributed by atoms with van der Waals surface area (Å²) in [7, 11) is 1.63. The molecule has 4 rings (SSSR count). The molecular weight excluding hydrogens is 428 g/mol. The van der Waals surface area contributed by atoms with Gasteiger partial charge in [-0.1, -0.05) is 36.4 Å². The van der Waals surface area contributed by atoms with Gasteiger partial charge in [0.2, 0.25) is 0 Å². The van der Waals surface area contributed by atoms with E-state index in [4.69, 9.17) is 4.74 Å². The lowest BCUT2D eigenvalue weighted by molar-refractivity contribution is -0.119. The molecule has 4 aromatic rings. The molecule has 8 nitrogen and oxygen atoms in total. The third-order valence-corrected chi connectivity index (χ3v) is 5.26. The summed E-state index contributed by atoms with van der Waals surface area (Å²) in [5, 5.41) is 2.67. The number of hydrogen-bond donors (Lipinski definition) is 1. The highest BCUT2D eigenvalue weighted by atomic mass is 32.1. The number of amides is 2. The number of aromatic nitrogens is 2. The maximum atomic E-state index is 13.0. The number of hydrogen-bond acceptors (Lipinski definition) is 7. The molecule has 160 valence electrons. The Labute approximate surface area is 187 Å². The first-order chi connectivity index (χ1) is 15.5. The fourth-order valence-corrected chi connectivity index (χ4v) is 3.65. The average molecular weight is 446 g/mol. The summed E-state index contributed by atoms with van der Waals surface area (Å²) < 4.78 is 13.5. The van der Waals surface area contributed by atoms with E-state index >= 15 is 0 Å². The van der Waals surface area contributed by atoms with Crippen LogP contribution < -0.4 is 10.2 Å². The van der Waals surface area contributed by atoms with Crippen molar-refractivity contribution in [3.05, 3.63) is 83.9 Å². The van der Waals surface area contributed by atoms with Crippen LogP contribution in [-0.2, 0) is 9.53 Å². The lowest BCUT2D eigenvalue weighted by atomic mass is 10.1. The molecule has 0 unspecified atom stereocenters. The van der Waals surface area contributed by atoms with E-state index in [1.807, 2.05) is 18.2 Å². The molecule has 1 N–H and O–H groups in total. The highest BCUT2D eigenvalue weighted by Gasteiger charge is 2.22. The SMILES string of the molecule is CN(C(=O)c1ccccc1C(=O)OCC(=O)Nc1cccc2nsnc12)c1ccccc1. The average Bonchev–Trinajstić information content (AvgIpc) is 3.32. The zero-order valence-corrected chi connectivity index (χ0v) is 17.8. The summed E-state index contributed by atoms with van der Waals surface area (Å²) in [5.74, 6) is -1.65. The Morgan fingerprint density at radius 1 is 0.906 bits per heavy atom. The topological polar surface area (TPSA) is 101 Å². The molecule has 1 heterocycles. The second-order valence-corrected chi connectivity index (χ2v) is 7.34. The fraction of sp³-hybridized carbons (Fsp3) is 0.0870. The summed E-state index contributed by atoms with van der Waals surface area (Å²) in [6.07, 6.45) is 0. The Bertz CT molecular complexity index is 1290. The van der Waals surface area contributed by atoms with Gasteiger partial charge in [0.1, 0.15) is 11.0 Å². The molecule has 0 atom stereocenters. The van der Waals surface area contributed by atoms with E-state index < -0.39 is 18.5 Å². The Kier molecular flexibility index (Phi) is 6.18. The number of rotatable bonds is 6. The van der Waals surface area contributed by atoms with Crippen LogP contribution in [0, 0.1) is 0 Å². The van der Waals surface area contributed by atoms with Crippen molar-refractivity contribution in [1.29, 1.82) is 0 Å². The maximum absolute atomic E-state index is 13.0. The van der Waals surface area contributed by atoms with Gasteiger partial charge < -0.3 is 15.0 Å². The number of benzene rings is 3. The van der Waals surface area contributed by atoms with Crippen molar-refractivity contribution >= 4 is 51.9 Å². The molecule has 0 spiro atoms. The predicted molar refractivity (Wildman–Crippen MR) is 122 cm³/mol. The largest absolute Gasteiger partial charge is 0.452 e. The van der Waals surface area contributed by atoms with Crippen LogP contribution in [0.3, 0.4) is 0 Å². The summed E-state index contributed by atoms with van der Waals surface area (Å²) in [4.78, 5) is 39.4. The van der Waals surface area contributed by atoms with Crippen molar-refractivity contribution in [2.75, 3.05) is 23.9 Å². The molecule has 0 saturated carbocycles. The molecule has 2 amide bonds. The van der Waals surface area contributed by atoms with E-state index in [0.717, 1.165) is 11.7 Å². The number of esters is 1. The number of nitrogens with one attached hydrogen (secondary N) is 1. The molecule has 0 radical (unpaired) electrons. The highest BCUT2D eigenvalue weighted by Crippen LogP contribution is 2.21. The third kappa shape index (κ3) is 4.47. The van der Waals surface area contributed by atoms with Crippen LogP contribution in [0.25, 0.3) is 11.0 Å². The van der Waals surface area contributed by atoms with Crippen molar-refractivity contribution in [3.63, 3.8) is 0 Å². The van der Waals surface area contributed by atoms with Gasteiger partial charge in [0.25, 0.3) is 11.8 Å². The highest BCUT2D eigenvalue weighted by molar-refractivity contribution is 7.00. The van der Waals surface area contributed by atoms with Crippen LogP contribution >= 0.6 is 11.7 Å². The lowest BCUT2D eigenvalue weighted by Gasteiger charge is -2.18. The van der Waals surface area contributed by atoms with Crippen LogP contribution in [0.5, 0.6) is 0 Å². The molecule has 0 aliphatic rings. The van der Waals surface area contributed by atoms with Crippen LogP contribution in [0.1, 0.15) is 20.7 Å². The quantitative estimate of drug-likeness (QED) is 0.453. The number of fused-ring (bicyclic) bond motifs is 1. The minimum atomic E-state index is -0.765. The molecular formula is C23H18N4O4S. The molecule has 0 fully saturated rings. The van der Waals surface area contributed by atoms with E-state index in [0.29, 0.717) is 22.4 Å². The van der Waals surface area contributed by atoms with Gasteiger partial charge in [-0.3, -0.25) is 9.59 Å². The van der Waals surface area contributed by atoms with E-state index in [9.17, 15) is 14.4 Å². The van der Waals surface area contributed by atoms with E-state index in [2.05, 4.69) is 14.1 Å². The van der Waals surface area contributed by atoms with Crippen LogP contribution in [0.2, 0.25) is 0 Å². The number of carbonyl (C=O) groups excluding carboxylic acids is 3. The minimum absolute atomic E-state index is 0.0823. The molecule has 0 aliphatic heterocycles. The zero-order chi connectivity index (χ0) is 22.5. The first-order valence-corrected chi connectivity index (χ1v) is 10.4. The Balaban J connectivity index is 1.44. The van der Waals surface area contributed by atoms with E-state index in [1.54, 1.807) is 55.6 Å². The van der Waals surface area contributed by atoms with Gasteiger partial charge in [0.15, 0.2) is 6.61 Å². The minimum Gasteiger partial charge on any atom is -0.452 e. The van der Waals surface area contributed by atoms with Crippen molar-refractivity contribution in [3.8, 4) is 0 Å². The van der Waals surface area contributed by atoms with Gasteiger partial charge >= 0.3 is 5.97 Å². The second-order valence-electron chi connectivity index (χ2n) is 6.81. The molecule has 3 aromatic carbocycles. The number of nitrogens with zero attached hydrogens (tertiary/aromatic N) is 3. The first kappa shape index (κ1) is 21.1. The van der Waals surface area contributed by atoms with Gasteiger partial charge in [-0.25, -0.2) is 4.79 Å². The van der Waals surface area contributed by atoms with Gasteiger partial charge in [0.05, 0.1) is 28.5 Å². The van der Waals surface area contributed by atoms with E-state index in [1.165, 1.54) is 11.0 Å². The normalized spacial score (nSPS) is 10.5. The number of carbonyl (C=O) groups is 3. The number of para-hydroxylation sites is 1. The molecule has 0 aliphatic carbocycles. The van der Waals surface area contributed by atoms with Crippen molar-refractivity contribution in [2.24, 2.45) is 0 Å². The van der Waals surface area contributed by atoms with Gasteiger partial charge in [0, 0.05) is 12.7 Å². The van der Waals surface area contributed by atoms with Crippen LogP contribution in [0.15, 0.2) is 72.8 Å². The molecule has 0 saturated heterocycles. The zero-order valence-electron chi connectivity index (χ0n) is 17.0. The van der Waals surface area contributed by atoms with Crippen LogP contribution in [0.4, 0.5) is 11.4 Å². The molecule has 32 heavy (non-hydrogen) atoms. The lowest BCUT2D eigenvalue weighted by Crippen LogP contribution is -2.28. The van der Waals surface area contributed by atoms with Gasteiger partial charge in [-0.15, -0.1) is 0 Å². The predicted octanol–water partition coefficient (Wildman–Crippen LogP) is 3.76. The van der Waals surface area contributed by atoms with E-state index in [-0.39, 0.29) is 17.0 Å². The Morgan fingerprint density at radius 3 is 2.41 bits per heavy atom. The third-order valence-electron chi connectivity index (χ3n) is 4.72. The number of ether oxygens (including phenoxy) is 1. The molecule has 9 heteroatoms. The summed E-state index contributed by atoms with van der Waals surface area (Å²) in [5.41, 5.74) is 2.67. The number of anilines is 2. The Morgan fingerprint density at radius 2 is 1.62 bits per heavy atom. The first-order valence-electron chi connectivity index (χ1n) is 9.65. The van der Waals surface area contributed by atoms with Crippen molar-refractivity contribution < 1.29 is 19.1 Å². The van der Waals surface area contributed by atoms with Crippen LogP contribution in [-0.4, -0.2) is 40.2 Å². The standard InChI is InChI=1S/C23H18N4O4S/c1-27(15-8-3-2-4-9-15)22(29)16-10-5-6-11-17(16)23(30)31-14-20(28)24-18-12-7-13-19-21(18)26-32-25-19/h2-13H,14H2,1H3,(H,24,28).